The standard InChI is InChI=1S/C22H21ClN4O2/c23-20-14-18(17-8-4-5-9-19(17)26-20)21(28)27-12-10-16(11-13-27)25-22(29)24-15-6-2-1-3-7-15/h1-9,14,16H,10-13H2,(H2,24,25,29). The van der Waals surface area contributed by atoms with Gasteiger partial charge in [-0.15, -0.1) is 0 Å². The summed E-state index contributed by atoms with van der Waals surface area (Å²) in [5.41, 5.74) is 2.02. The number of carbonyl (C=O) groups is 2. The second-order valence-corrected chi connectivity index (χ2v) is 7.43. The quantitative estimate of drug-likeness (QED) is 0.634. The molecule has 0 unspecified atom stereocenters. The summed E-state index contributed by atoms with van der Waals surface area (Å²) in [6.45, 7) is 1.15. The van der Waals surface area contributed by atoms with Crippen LogP contribution in [0, 0.1) is 0 Å². The lowest BCUT2D eigenvalue weighted by molar-refractivity contribution is 0.0711. The molecule has 0 atom stereocenters. The van der Waals surface area contributed by atoms with Crippen molar-refractivity contribution in [2.24, 2.45) is 0 Å². The first-order valence-electron chi connectivity index (χ1n) is 9.57. The van der Waals surface area contributed by atoms with Gasteiger partial charge in [-0.05, 0) is 37.1 Å². The van der Waals surface area contributed by atoms with Crippen LogP contribution in [0.1, 0.15) is 23.2 Å². The Kier molecular flexibility index (Phi) is 5.62. The SMILES string of the molecule is O=C(Nc1ccccc1)NC1CCN(C(=O)c2cc(Cl)nc3ccccc23)CC1. The average molecular weight is 409 g/mol. The largest absolute Gasteiger partial charge is 0.338 e. The third-order valence-electron chi connectivity index (χ3n) is 5.06. The van der Waals surface area contributed by atoms with Crippen LogP contribution >= 0.6 is 11.6 Å². The molecule has 1 fully saturated rings. The van der Waals surface area contributed by atoms with Gasteiger partial charge in [-0.2, -0.15) is 0 Å². The Morgan fingerprint density at radius 3 is 2.45 bits per heavy atom. The van der Waals surface area contributed by atoms with Crippen LogP contribution in [-0.4, -0.2) is 41.0 Å². The molecule has 7 heteroatoms. The highest BCUT2D eigenvalue weighted by atomic mass is 35.5. The maximum absolute atomic E-state index is 13.1. The Hall–Kier alpha value is -3.12. The molecule has 1 aliphatic rings. The fourth-order valence-corrected chi connectivity index (χ4v) is 3.79. The van der Waals surface area contributed by atoms with Gasteiger partial charge >= 0.3 is 6.03 Å². The van der Waals surface area contributed by atoms with Gasteiger partial charge in [0.1, 0.15) is 5.15 Å². The molecule has 4 rings (SSSR count). The third kappa shape index (κ3) is 4.49. The number of piperidine rings is 1. The zero-order valence-corrected chi connectivity index (χ0v) is 16.5. The molecule has 6 nitrogen and oxygen atoms in total. The predicted octanol–water partition coefficient (Wildman–Crippen LogP) is 4.31. The monoisotopic (exact) mass is 408 g/mol. The van der Waals surface area contributed by atoms with Crippen molar-refractivity contribution >= 4 is 40.1 Å². The van der Waals surface area contributed by atoms with Gasteiger partial charge in [0.25, 0.3) is 5.91 Å². The van der Waals surface area contributed by atoms with Crippen LogP contribution < -0.4 is 10.6 Å². The van der Waals surface area contributed by atoms with Gasteiger partial charge in [0.2, 0.25) is 0 Å². The van der Waals surface area contributed by atoms with E-state index < -0.39 is 0 Å². The second-order valence-electron chi connectivity index (χ2n) is 7.04. The molecule has 2 N–H and O–H groups in total. The van der Waals surface area contributed by atoms with Gasteiger partial charge in [0.15, 0.2) is 0 Å². The summed E-state index contributed by atoms with van der Waals surface area (Å²) in [6.07, 6.45) is 1.40. The topological polar surface area (TPSA) is 74.3 Å². The maximum Gasteiger partial charge on any atom is 0.319 e. The van der Waals surface area contributed by atoms with Crippen molar-refractivity contribution in [3.05, 3.63) is 71.4 Å². The number of nitrogens with zero attached hydrogens (tertiary/aromatic N) is 2. The molecule has 2 heterocycles. The van der Waals surface area contributed by atoms with E-state index in [2.05, 4.69) is 15.6 Å². The van der Waals surface area contributed by atoms with Crippen molar-refractivity contribution in [2.75, 3.05) is 18.4 Å². The van der Waals surface area contributed by atoms with Crippen LogP contribution in [0.15, 0.2) is 60.7 Å². The van der Waals surface area contributed by atoms with E-state index in [1.807, 2.05) is 59.5 Å². The van der Waals surface area contributed by atoms with E-state index in [9.17, 15) is 9.59 Å². The highest BCUT2D eigenvalue weighted by molar-refractivity contribution is 6.30. The Labute approximate surface area is 173 Å². The second kappa shape index (κ2) is 8.49. The highest BCUT2D eigenvalue weighted by Crippen LogP contribution is 2.23. The lowest BCUT2D eigenvalue weighted by Gasteiger charge is -2.32. The van der Waals surface area contributed by atoms with Crippen molar-refractivity contribution in [1.29, 1.82) is 0 Å². The van der Waals surface area contributed by atoms with E-state index in [1.54, 1.807) is 6.07 Å². The summed E-state index contributed by atoms with van der Waals surface area (Å²) >= 11 is 6.12. The van der Waals surface area contributed by atoms with Crippen molar-refractivity contribution in [3.8, 4) is 0 Å². The van der Waals surface area contributed by atoms with Crippen molar-refractivity contribution in [1.82, 2.24) is 15.2 Å². The first kappa shape index (κ1) is 19.2. The molecule has 3 amide bonds. The first-order chi connectivity index (χ1) is 14.1. The molecule has 29 heavy (non-hydrogen) atoms. The van der Waals surface area contributed by atoms with Crippen LogP contribution in [0.3, 0.4) is 0 Å². The zero-order valence-electron chi connectivity index (χ0n) is 15.8. The molecular weight excluding hydrogens is 388 g/mol. The van der Waals surface area contributed by atoms with E-state index in [0.717, 1.165) is 11.1 Å². The van der Waals surface area contributed by atoms with Crippen LogP contribution in [0.5, 0.6) is 0 Å². The van der Waals surface area contributed by atoms with E-state index >= 15 is 0 Å². The van der Waals surface area contributed by atoms with Crippen molar-refractivity contribution in [3.63, 3.8) is 0 Å². The fourth-order valence-electron chi connectivity index (χ4n) is 3.59. The molecule has 0 bridgehead atoms. The number of hydrogen-bond donors (Lipinski definition) is 2. The number of aromatic nitrogens is 1. The number of amides is 3. The molecule has 1 aromatic heterocycles. The van der Waals surface area contributed by atoms with Gasteiger partial charge in [-0.3, -0.25) is 4.79 Å². The Balaban J connectivity index is 1.37. The van der Waals surface area contributed by atoms with Crippen LogP contribution in [0.4, 0.5) is 10.5 Å². The average Bonchev–Trinajstić information content (AvgIpc) is 2.74. The lowest BCUT2D eigenvalue weighted by atomic mass is 10.0. The molecule has 1 saturated heterocycles. The molecule has 1 aliphatic heterocycles. The fraction of sp³-hybridized carbons (Fsp3) is 0.227. The minimum atomic E-state index is -0.229. The van der Waals surface area contributed by atoms with Crippen LogP contribution in [0.25, 0.3) is 10.9 Å². The molecular formula is C22H21ClN4O2. The van der Waals surface area contributed by atoms with Gasteiger partial charge in [-0.25, -0.2) is 9.78 Å². The normalized spacial score (nSPS) is 14.6. The smallest absolute Gasteiger partial charge is 0.319 e. The van der Waals surface area contributed by atoms with E-state index in [0.29, 0.717) is 42.2 Å². The molecule has 0 aliphatic carbocycles. The third-order valence-corrected chi connectivity index (χ3v) is 5.26. The highest BCUT2D eigenvalue weighted by Gasteiger charge is 2.26. The summed E-state index contributed by atoms with van der Waals surface area (Å²) in [5, 5.41) is 6.91. The van der Waals surface area contributed by atoms with Gasteiger partial charge in [0, 0.05) is 30.2 Å². The first-order valence-corrected chi connectivity index (χ1v) is 9.95. The molecule has 0 spiro atoms. The number of fused-ring (bicyclic) bond motifs is 1. The Bertz CT molecular complexity index is 1030. The number of hydrogen-bond acceptors (Lipinski definition) is 3. The number of benzene rings is 2. The number of urea groups is 1. The number of likely N-dealkylation sites (tertiary alicyclic amines) is 1. The van der Waals surface area contributed by atoms with Gasteiger partial charge in [-0.1, -0.05) is 48.0 Å². The molecule has 148 valence electrons. The molecule has 3 aromatic rings. The number of para-hydroxylation sites is 2. The van der Waals surface area contributed by atoms with Gasteiger partial charge in [0.05, 0.1) is 11.1 Å². The Morgan fingerprint density at radius 1 is 1.00 bits per heavy atom. The maximum atomic E-state index is 13.1. The van der Waals surface area contributed by atoms with Crippen LogP contribution in [0.2, 0.25) is 5.15 Å². The number of carbonyl (C=O) groups excluding carboxylic acids is 2. The molecule has 2 aromatic carbocycles. The number of halogens is 1. The number of rotatable bonds is 3. The molecule has 0 radical (unpaired) electrons. The number of pyridine rings is 1. The molecule has 0 saturated carbocycles. The van der Waals surface area contributed by atoms with Crippen molar-refractivity contribution < 1.29 is 9.59 Å². The van der Waals surface area contributed by atoms with Crippen LogP contribution in [-0.2, 0) is 0 Å². The summed E-state index contributed by atoms with van der Waals surface area (Å²) in [7, 11) is 0. The summed E-state index contributed by atoms with van der Waals surface area (Å²) in [4.78, 5) is 31.3. The summed E-state index contributed by atoms with van der Waals surface area (Å²) in [6, 6.07) is 18.2. The predicted molar refractivity (Wildman–Crippen MR) is 114 cm³/mol. The Morgan fingerprint density at radius 2 is 1.69 bits per heavy atom. The van der Waals surface area contributed by atoms with E-state index in [1.165, 1.54) is 0 Å². The number of nitrogens with one attached hydrogen (secondary N) is 2. The van der Waals surface area contributed by atoms with E-state index in [4.69, 9.17) is 11.6 Å². The van der Waals surface area contributed by atoms with Crippen molar-refractivity contribution in [2.45, 2.75) is 18.9 Å². The summed E-state index contributed by atoms with van der Waals surface area (Å²) < 4.78 is 0. The minimum Gasteiger partial charge on any atom is -0.338 e. The minimum absolute atomic E-state index is 0.0283. The summed E-state index contributed by atoms with van der Waals surface area (Å²) in [5.74, 6) is -0.0577. The number of anilines is 1. The zero-order chi connectivity index (χ0) is 20.2. The van der Waals surface area contributed by atoms with Gasteiger partial charge < -0.3 is 15.5 Å². The lowest BCUT2D eigenvalue weighted by Crippen LogP contribution is -2.47. The van der Waals surface area contributed by atoms with E-state index in [-0.39, 0.29) is 18.0 Å².